The molecule has 104 valence electrons. The van der Waals surface area contributed by atoms with E-state index < -0.39 is 0 Å². The summed E-state index contributed by atoms with van der Waals surface area (Å²) in [5, 5.41) is 21.6. The minimum atomic E-state index is -0.352. The number of carbonyl (C=O) groups is 1. The van der Waals surface area contributed by atoms with Crippen molar-refractivity contribution in [2.24, 2.45) is 0 Å². The molecule has 5 nitrogen and oxygen atoms in total. The maximum Gasteiger partial charge on any atom is 0.255 e. The van der Waals surface area contributed by atoms with Gasteiger partial charge < -0.3 is 20.4 Å². The van der Waals surface area contributed by atoms with Gasteiger partial charge >= 0.3 is 0 Å². The first-order valence-electron chi connectivity index (χ1n) is 6.69. The molecule has 1 aromatic carbocycles. The minimum Gasteiger partial charge on any atom is -0.508 e. The van der Waals surface area contributed by atoms with Crippen molar-refractivity contribution in [3.05, 3.63) is 23.8 Å². The van der Waals surface area contributed by atoms with Crippen LogP contribution in [0.4, 0.5) is 0 Å². The van der Waals surface area contributed by atoms with Crippen molar-refractivity contribution in [1.82, 2.24) is 10.2 Å². The molecule has 0 aromatic heterocycles. The minimum absolute atomic E-state index is 0.0278. The predicted molar refractivity (Wildman–Crippen MR) is 72.4 cm³/mol. The largest absolute Gasteiger partial charge is 0.508 e. The number of nitrogens with one attached hydrogen (secondary N) is 1. The van der Waals surface area contributed by atoms with E-state index in [1.807, 2.05) is 0 Å². The summed E-state index contributed by atoms with van der Waals surface area (Å²) in [7, 11) is 0. The molecule has 2 rings (SSSR count). The van der Waals surface area contributed by atoms with Crippen molar-refractivity contribution in [3.63, 3.8) is 0 Å². The van der Waals surface area contributed by atoms with Crippen molar-refractivity contribution in [2.45, 2.75) is 19.3 Å². The summed E-state index contributed by atoms with van der Waals surface area (Å²) in [5.74, 6) is -0.496. The van der Waals surface area contributed by atoms with Crippen LogP contribution in [0.1, 0.15) is 29.6 Å². The maximum absolute atomic E-state index is 11.8. The van der Waals surface area contributed by atoms with Crippen molar-refractivity contribution >= 4 is 5.91 Å². The summed E-state index contributed by atoms with van der Waals surface area (Å²) < 4.78 is 0. The summed E-state index contributed by atoms with van der Waals surface area (Å²) in [6.45, 7) is 3.87. The zero-order chi connectivity index (χ0) is 13.7. The molecule has 1 saturated heterocycles. The van der Waals surface area contributed by atoms with Gasteiger partial charge in [0.05, 0.1) is 5.56 Å². The maximum atomic E-state index is 11.8. The van der Waals surface area contributed by atoms with Gasteiger partial charge in [-0.15, -0.1) is 0 Å². The SMILES string of the molecule is O=C(NCCCN1CCCC1)c1cc(O)ccc1O. The number of benzene rings is 1. The first-order valence-corrected chi connectivity index (χ1v) is 6.69. The third-order valence-electron chi connectivity index (χ3n) is 3.36. The normalized spacial score (nSPS) is 15.6. The first kappa shape index (κ1) is 13.7. The van der Waals surface area contributed by atoms with Crippen LogP contribution in [0.25, 0.3) is 0 Å². The molecule has 0 radical (unpaired) electrons. The van der Waals surface area contributed by atoms with Gasteiger partial charge in [-0.2, -0.15) is 0 Å². The lowest BCUT2D eigenvalue weighted by atomic mass is 10.1. The van der Waals surface area contributed by atoms with Gasteiger partial charge in [-0.25, -0.2) is 0 Å². The Morgan fingerprint density at radius 3 is 2.74 bits per heavy atom. The summed E-state index contributed by atoms with van der Waals surface area (Å²) in [5.41, 5.74) is 0.112. The Morgan fingerprint density at radius 2 is 2.00 bits per heavy atom. The van der Waals surface area contributed by atoms with Gasteiger partial charge in [0.1, 0.15) is 11.5 Å². The van der Waals surface area contributed by atoms with Gasteiger partial charge in [0.2, 0.25) is 0 Å². The van der Waals surface area contributed by atoms with Crippen LogP contribution in [-0.4, -0.2) is 47.2 Å². The topological polar surface area (TPSA) is 72.8 Å². The standard InChI is InChI=1S/C14H20N2O3/c17-11-4-5-13(18)12(10-11)14(19)15-6-3-9-16-7-1-2-8-16/h4-5,10,17-18H,1-3,6-9H2,(H,15,19). The van der Waals surface area contributed by atoms with Crippen molar-refractivity contribution in [3.8, 4) is 11.5 Å². The summed E-state index contributed by atoms with van der Waals surface area (Å²) in [4.78, 5) is 14.2. The Bertz CT molecular complexity index is 442. The van der Waals surface area contributed by atoms with Gasteiger partial charge in [-0.05, 0) is 57.1 Å². The quantitative estimate of drug-likeness (QED) is 0.554. The second-order valence-electron chi connectivity index (χ2n) is 4.86. The van der Waals surface area contributed by atoms with Gasteiger partial charge in [0, 0.05) is 6.54 Å². The zero-order valence-corrected chi connectivity index (χ0v) is 10.9. The molecule has 1 amide bonds. The Balaban J connectivity index is 1.75. The smallest absolute Gasteiger partial charge is 0.255 e. The van der Waals surface area contributed by atoms with Crippen LogP contribution < -0.4 is 5.32 Å². The molecular formula is C14H20N2O3. The Hall–Kier alpha value is -1.75. The molecule has 1 fully saturated rings. The van der Waals surface area contributed by atoms with Crippen LogP contribution in [0.2, 0.25) is 0 Å². The van der Waals surface area contributed by atoms with Crippen molar-refractivity contribution in [2.75, 3.05) is 26.2 Å². The fraction of sp³-hybridized carbons (Fsp3) is 0.500. The number of aromatic hydroxyl groups is 2. The van der Waals surface area contributed by atoms with Crippen LogP contribution >= 0.6 is 0 Å². The van der Waals surface area contributed by atoms with Gasteiger partial charge in [-0.1, -0.05) is 0 Å². The number of nitrogens with zero attached hydrogens (tertiary/aromatic N) is 1. The monoisotopic (exact) mass is 264 g/mol. The molecule has 0 unspecified atom stereocenters. The number of rotatable bonds is 5. The van der Waals surface area contributed by atoms with Crippen LogP contribution in [-0.2, 0) is 0 Å². The second kappa shape index (κ2) is 6.43. The molecule has 0 aliphatic carbocycles. The number of likely N-dealkylation sites (tertiary alicyclic amines) is 1. The second-order valence-corrected chi connectivity index (χ2v) is 4.86. The first-order chi connectivity index (χ1) is 9.16. The molecule has 0 saturated carbocycles. The zero-order valence-electron chi connectivity index (χ0n) is 10.9. The van der Waals surface area contributed by atoms with E-state index in [9.17, 15) is 15.0 Å². The lowest BCUT2D eigenvalue weighted by Crippen LogP contribution is -2.28. The molecular weight excluding hydrogens is 244 g/mol. The number of phenolic OH excluding ortho intramolecular Hbond substituents is 2. The Kier molecular flexibility index (Phi) is 4.63. The number of phenols is 2. The van der Waals surface area contributed by atoms with Gasteiger partial charge in [0.15, 0.2) is 0 Å². The number of hydrogen-bond acceptors (Lipinski definition) is 4. The van der Waals surface area contributed by atoms with Crippen LogP contribution in [0, 0.1) is 0 Å². The third kappa shape index (κ3) is 3.86. The van der Waals surface area contributed by atoms with E-state index in [4.69, 9.17) is 0 Å². The molecule has 1 aliphatic rings. The molecule has 0 atom stereocenters. The molecule has 0 bridgehead atoms. The summed E-state index contributed by atoms with van der Waals surface area (Å²) in [6.07, 6.45) is 3.43. The van der Waals surface area contributed by atoms with Crippen molar-refractivity contribution < 1.29 is 15.0 Å². The Labute approximate surface area is 112 Å². The van der Waals surface area contributed by atoms with E-state index in [0.29, 0.717) is 6.54 Å². The highest BCUT2D eigenvalue weighted by Gasteiger charge is 2.13. The molecule has 0 spiro atoms. The average Bonchev–Trinajstić information content (AvgIpc) is 2.90. The van der Waals surface area contributed by atoms with Gasteiger partial charge in [-0.3, -0.25) is 4.79 Å². The number of carbonyl (C=O) groups excluding carboxylic acids is 1. The highest BCUT2D eigenvalue weighted by atomic mass is 16.3. The van der Waals surface area contributed by atoms with Gasteiger partial charge in [0.25, 0.3) is 5.91 Å². The molecule has 1 heterocycles. The molecule has 19 heavy (non-hydrogen) atoms. The highest BCUT2D eigenvalue weighted by Crippen LogP contribution is 2.21. The van der Waals surface area contributed by atoms with Crippen molar-refractivity contribution in [1.29, 1.82) is 0 Å². The molecule has 3 N–H and O–H groups in total. The lowest BCUT2D eigenvalue weighted by molar-refractivity contribution is 0.0949. The van der Waals surface area contributed by atoms with E-state index in [1.165, 1.54) is 31.0 Å². The summed E-state index contributed by atoms with van der Waals surface area (Å²) >= 11 is 0. The van der Waals surface area contributed by atoms with Crippen LogP contribution in [0.3, 0.4) is 0 Å². The molecule has 1 aliphatic heterocycles. The van der Waals surface area contributed by atoms with E-state index in [2.05, 4.69) is 10.2 Å². The third-order valence-corrected chi connectivity index (χ3v) is 3.36. The number of amides is 1. The predicted octanol–water partition coefficient (Wildman–Crippen LogP) is 1.31. The van der Waals surface area contributed by atoms with E-state index in [1.54, 1.807) is 0 Å². The number of hydrogen-bond donors (Lipinski definition) is 3. The van der Waals surface area contributed by atoms with E-state index >= 15 is 0 Å². The summed E-state index contributed by atoms with van der Waals surface area (Å²) in [6, 6.07) is 3.93. The Morgan fingerprint density at radius 1 is 1.26 bits per heavy atom. The van der Waals surface area contributed by atoms with E-state index in [-0.39, 0.29) is 23.0 Å². The van der Waals surface area contributed by atoms with Crippen LogP contribution in [0.15, 0.2) is 18.2 Å². The van der Waals surface area contributed by atoms with E-state index in [0.717, 1.165) is 26.1 Å². The highest BCUT2D eigenvalue weighted by molar-refractivity contribution is 5.97. The molecule has 5 heteroatoms. The lowest BCUT2D eigenvalue weighted by Gasteiger charge is -2.14. The molecule has 1 aromatic rings. The van der Waals surface area contributed by atoms with Crippen LogP contribution in [0.5, 0.6) is 11.5 Å². The average molecular weight is 264 g/mol. The fourth-order valence-electron chi connectivity index (χ4n) is 2.31. The fourth-order valence-corrected chi connectivity index (χ4v) is 2.31.